The first kappa shape index (κ1) is 15.2. The maximum absolute atomic E-state index is 12.7. The van der Waals surface area contributed by atoms with Gasteiger partial charge in [0.05, 0.1) is 12.5 Å². The largest absolute Gasteiger partial charge is 0.391 e. The van der Waals surface area contributed by atoms with Crippen LogP contribution in [0.5, 0.6) is 0 Å². The number of carbonyl (C=O) groups is 1. The number of alkyl halides is 3. The Morgan fingerprint density at radius 2 is 2.20 bits per heavy atom. The van der Waals surface area contributed by atoms with Crippen molar-refractivity contribution >= 4 is 17.4 Å². The Kier molecular flexibility index (Phi) is 4.91. The van der Waals surface area contributed by atoms with E-state index in [-0.39, 0.29) is 12.8 Å². The molecule has 0 bridgehead atoms. The highest BCUT2D eigenvalue weighted by molar-refractivity contribution is 7.09. The standard InChI is InChI=1S/C13H17F3N2OS/c14-13(15,16)9-3-1-4-10(7-9)18-12(19)17-8-11-5-2-6-20-11/h2,5-6,9-10H,1,3-4,7-8H2,(H2,17,18,19). The molecule has 1 saturated carbocycles. The fraction of sp³-hybridized carbons (Fsp3) is 0.615. The van der Waals surface area contributed by atoms with Gasteiger partial charge in [-0.2, -0.15) is 13.2 Å². The summed E-state index contributed by atoms with van der Waals surface area (Å²) in [5.41, 5.74) is 0. The third-order valence-electron chi connectivity index (χ3n) is 3.48. The van der Waals surface area contributed by atoms with Gasteiger partial charge in [-0.15, -0.1) is 11.3 Å². The first-order valence-electron chi connectivity index (χ1n) is 6.58. The van der Waals surface area contributed by atoms with Gasteiger partial charge < -0.3 is 10.6 Å². The summed E-state index contributed by atoms with van der Waals surface area (Å²) in [6.07, 6.45) is -2.90. The second-order valence-corrected chi connectivity index (χ2v) is 6.04. The predicted molar refractivity (Wildman–Crippen MR) is 71.5 cm³/mol. The molecule has 7 heteroatoms. The Morgan fingerprint density at radius 1 is 1.40 bits per heavy atom. The molecular weight excluding hydrogens is 289 g/mol. The van der Waals surface area contributed by atoms with Gasteiger partial charge in [-0.1, -0.05) is 12.5 Å². The van der Waals surface area contributed by atoms with Crippen molar-refractivity contribution in [2.45, 2.75) is 44.4 Å². The quantitative estimate of drug-likeness (QED) is 0.879. The zero-order valence-corrected chi connectivity index (χ0v) is 11.7. The molecule has 1 heterocycles. The van der Waals surface area contributed by atoms with Gasteiger partial charge in [0.25, 0.3) is 0 Å². The fourth-order valence-corrected chi connectivity index (χ4v) is 3.08. The van der Waals surface area contributed by atoms with Crippen LogP contribution in [-0.4, -0.2) is 18.2 Å². The predicted octanol–water partition coefficient (Wildman–Crippen LogP) is 3.67. The number of nitrogens with one attached hydrogen (secondary N) is 2. The minimum atomic E-state index is -4.16. The molecule has 20 heavy (non-hydrogen) atoms. The van der Waals surface area contributed by atoms with Gasteiger partial charge in [0, 0.05) is 10.9 Å². The number of rotatable bonds is 3. The molecule has 1 fully saturated rings. The Morgan fingerprint density at radius 3 is 2.85 bits per heavy atom. The van der Waals surface area contributed by atoms with Gasteiger partial charge in [0.1, 0.15) is 0 Å². The number of amides is 2. The highest BCUT2D eigenvalue weighted by Gasteiger charge is 2.42. The molecule has 0 saturated heterocycles. The number of hydrogen-bond donors (Lipinski definition) is 2. The maximum atomic E-state index is 12.7. The van der Waals surface area contributed by atoms with Gasteiger partial charge in [-0.3, -0.25) is 0 Å². The molecule has 2 amide bonds. The van der Waals surface area contributed by atoms with Crippen molar-refractivity contribution in [2.75, 3.05) is 0 Å². The highest BCUT2D eigenvalue weighted by Crippen LogP contribution is 2.37. The summed E-state index contributed by atoms with van der Waals surface area (Å²) >= 11 is 1.52. The van der Waals surface area contributed by atoms with Gasteiger partial charge >= 0.3 is 12.2 Å². The number of thiophene rings is 1. The summed E-state index contributed by atoms with van der Waals surface area (Å²) < 4.78 is 38.0. The van der Waals surface area contributed by atoms with Crippen LogP contribution in [0.25, 0.3) is 0 Å². The average Bonchev–Trinajstić information content (AvgIpc) is 2.89. The summed E-state index contributed by atoms with van der Waals surface area (Å²) in [5.74, 6) is -1.29. The molecular formula is C13H17F3N2OS. The van der Waals surface area contributed by atoms with Crippen molar-refractivity contribution in [3.8, 4) is 0 Å². The van der Waals surface area contributed by atoms with E-state index in [1.54, 1.807) is 0 Å². The van der Waals surface area contributed by atoms with Crippen LogP contribution in [0.3, 0.4) is 0 Å². The van der Waals surface area contributed by atoms with Gasteiger partial charge in [-0.25, -0.2) is 4.79 Å². The van der Waals surface area contributed by atoms with Crippen LogP contribution in [-0.2, 0) is 6.54 Å². The average molecular weight is 306 g/mol. The van der Waals surface area contributed by atoms with Crippen LogP contribution in [0.2, 0.25) is 0 Å². The molecule has 0 aliphatic heterocycles. The molecule has 0 radical (unpaired) electrons. The monoisotopic (exact) mass is 306 g/mol. The van der Waals surface area contributed by atoms with Crippen LogP contribution in [0, 0.1) is 5.92 Å². The van der Waals surface area contributed by atoms with E-state index in [0.29, 0.717) is 19.4 Å². The molecule has 112 valence electrons. The first-order valence-corrected chi connectivity index (χ1v) is 7.46. The third-order valence-corrected chi connectivity index (χ3v) is 4.35. The van der Waals surface area contributed by atoms with Crippen molar-refractivity contribution < 1.29 is 18.0 Å². The molecule has 1 aromatic heterocycles. The van der Waals surface area contributed by atoms with Gasteiger partial charge in [0.2, 0.25) is 0 Å². The van der Waals surface area contributed by atoms with Crippen LogP contribution in [0.15, 0.2) is 17.5 Å². The highest BCUT2D eigenvalue weighted by atomic mass is 32.1. The van der Waals surface area contributed by atoms with Crippen molar-refractivity contribution in [3.63, 3.8) is 0 Å². The van der Waals surface area contributed by atoms with E-state index in [2.05, 4.69) is 10.6 Å². The van der Waals surface area contributed by atoms with Gasteiger partial charge in [0.15, 0.2) is 0 Å². The number of halogens is 3. The molecule has 0 spiro atoms. The minimum Gasteiger partial charge on any atom is -0.335 e. The van der Waals surface area contributed by atoms with Crippen molar-refractivity contribution in [2.24, 2.45) is 5.92 Å². The van der Waals surface area contributed by atoms with Crippen LogP contribution >= 0.6 is 11.3 Å². The summed E-state index contributed by atoms with van der Waals surface area (Å²) in [5, 5.41) is 7.21. The SMILES string of the molecule is O=C(NCc1cccs1)NC1CCCC(C(F)(F)F)C1. The van der Waals surface area contributed by atoms with Crippen molar-refractivity contribution in [3.05, 3.63) is 22.4 Å². The molecule has 2 unspecified atom stereocenters. The molecule has 2 rings (SSSR count). The topological polar surface area (TPSA) is 41.1 Å². The normalized spacial score (nSPS) is 23.4. The molecule has 1 aliphatic rings. The Balaban J connectivity index is 1.76. The zero-order valence-electron chi connectivity index (χ0n) is 10.9. The minimum absolute atomic E-state index is 0.0179. The Hall–Kier alpha value is -1.24. The molecule has 1 aromatic rings. The van der Waals surface area contributed by atoms with E-state index in [9.17, 15) is 18.0 Å². The van der Waals surface area contributed by atoms with Crippen LogP contribution < -0.4 is 10.6 Å². The van der Waals surface area contributed by atoms with Crippen molar-refractivity contribution in [1.82, 2.24) is 10.6 Å². The lowest BCUT2D eigenvalue weighted by molar-refractivity contribution is -0.183. The lowest BCUT2D eigenvalue weighted by Crippen LogP contribution is -2.45. The Labute approximate surface area is 119 Å². The van der Waals surface area contributed by atoms with E-state index in [4.69, 9.17) is 0 Å². The molecule has 1 aliphatic carbocycles. The lowest BCUT2D eigenvalue weighted by atomic mass is 9.85. The summed E-state index contributed by atoms with van der Waals surface area (Å²) in [6, 6.07) is 2.99. The van der Waals surface area contributed by atoms with E-state index < -0.39 is 24.2 Å². The first-order chi connectivity index (χ1) is 9.45. The summed E-state index contributed by atoms with van der Waals surface area (Å²) in [6.45, 7) is 0.402. The number of hydrogen-bond acceptors (Lipinski definition) is 2. The van der Waals surface area contributed by atoms with E-state index in [0.717, 1.165) is 4.88 Å². The smallest absolute Gasteiger partial charge is 0.335 e. The second-order valence-electron chi connectivity index (χ2n) is 5.01. The van der Waals surface area contributed by atoms with E-state index in [1.807, 2.05) is 17.5 Å². The third kappa shape index (κ3) is 4.40. The Bertz CT molecular complexity index is 433. The second kappa shape index (κ2) is 6.47. The van der Waals surface area contributed by atoms with E-state index in [1.165, 1.54) is 11.3 Å². The van der Waals surface area contributed by atoms with E-state index >= 15 is 0 Å². The molecule has 3 nitrogen and oxygen atoms in total. The number of urea groups is 1. The van der Waals surface area contributed by atoms with Crippen LogP contribution in [0.1, 0.15) is 30.6 Å². The fourth-order valence-electron chi connectivity index (χ4n) is 2.44. The summed E-state index contributed by atoms with van der Waals surface area (Å²) in [4.78, 5) is 12.7. The molecule has 2 N–H and O–H groups in total. The summed E-state index contributed by atoms with van der Waals surface area (Å²) in [7, 11) is 0. The molecule has 0 aromatic carbocycles. The van der Waals surface area contributed by atoms with Crippen LogP contribution in [0.4, 0.5) is 18.0 Å². The number of carbonyl (C=O) groups excluding carboxylic acids is 1. The zero-order chi connectivity index (χ0) is 14.6. The molecule has 2 atom stereocenters. The van der Waals surface area contributed by atoms with Gasteiger partial charge in [-0.05, 0) is 30.7 Å². The maximum Gasteiger partial charge on any atom is 0.391 e. The lowest BCUT2D eigenvalue weighted by Gasteiger charge is -2.30. The van der Waals surface area contributed by atoms with Crippen molar-refractivity contribution in [1.29, 1.82) is 0 Å².